The van der Waals surface area contributed by atoms with Crippen molar-refractivity contribution in [1.29, 1.82) is 0 Å². The molecule has 0 heterocycles. The summed E-state index contributed by atoms with van der Waals surface area (Å²) in [7, 11) is 0. The largest absolute Gasteiger partial charge is 0.508 e. The number of carboxylic acids is 1. The number of phenolic OH excluding ortho intramolecular Hbond substituents is 2. The van der Waals surface area contributed by atoms with Gasteiger partial charge in [-0.2, -0.15) is 12.6 Å². The Labute approximate surface area is 226 Å². The van der Waals surface area contributed by atoms with Crippen LogP contribution in [0.1, 0.15) is 25.0 Å². The molecule has 0 spiro atoms. The van der Waals surface area contributed by atoms with E-state index in [4.69, 9.17) is 5.73 Å². The van der Waals surface area contributed by atoms with Gasteiger partial charge in [0.1, 0.15) is 29.6 Å². The number of phenols is 2. The predicted molar refractivity (Wildman–Crippen MR) is 144 cm³/mol. The Morgan fingerprint density at radius 1 is 0.737 bits per heavy atom. The lowest BCUT2D eigenvalue weighted by atomic mass is 10.0. The van der Waals surface area contributed by atoms with Crippen molar-refractivity contribution < 1.29 is 34.5 Å². The first kappa shape index (κ1) is 30.5. The lowest BCUT2D eigenvalue weighted by Gasteiger charge is -2.25. The van der Waals surface area contributed by atoms with Crippen LogP contribution in [0.25, 0.3) is 0 Å². The molecule has 4 atom stereocenters. The number of benzene rings is 2. The molecule has 0 radical (unpaired) electrons. The second kappa shape index (κ2) is 14.2. The summed E-state index contributed by atoms with van der Waals surface area (Å²) in [6, 6.07) is 7.35. The average molecular weight is 547 g/mol. The van der Waals surface area contributed by atoms with Gasteiger partial charge in [0.25, 0.3) is 0 Å². The van der Waals surface area contributed by atoms with Crippen LogP contribution < -0.4 is 21.7 Å². The molecule has 0 bridgehead atoms. The van der Waals surface area contributed by atoms with E-state index < -0.39 is 47.9 Å². The third-order valence-electron chi connectivity index (χ3n) is 5.84. The summed E-state index contributed by atoms with van der Waals surface area (Å²) < 4.78 is 0. The van der Waals surface area contributed by atoms with Crippen molar-refractivity contribution in [2.45, 2.75) is 50.9 Å². The van der Waals surface area contributed by atoms with Crippen molar-refractivity contribution in [3.63, 3.8) is 0 Å². The Hall–Kier alpha value is -3.77. The Kier molecular flexibility index (Phi) is 11.4. The first-order valence-electron chi connectivity index (χ1n) is 12.0. The normalized spacial score (nSPS) is 14.1. The molecule has 0 saturated heterocycles. The molecule has 206 valence electrons. The molecular formula is C26H34N4O7S. The smallest absolute Gasteiger partial charge is 0.326 e. The zero-order valence-corrected chi connectivity index (χ0v) is 22.0. The predicted octanol–water partition coefficient (Wildman–Crippen LogP) is 0.335. The van der Waals surface area contributed by atoms with Crippen LogP contribution >= 0.6 is 12.6 Å². The van der Waals surface area contributed by atoms with Crippen LogP contribution in [0.3, 0.4) is 0 Å². The van der Waals surface area contributed by atoms with Crippen LogP contribution in [0.5, 0.6) is 11.5 Å². The van der Waals surface area contributed by atoms with E-state index in [1.807, 2.05) is 0 Å². The number of aliphatic carboxylic acids is 1. The molecule has 3 amide bonds. The van der Waals surface area contributed by atoms with Gasteiger partial charge >= 0.3 is 5.97 Å². The van der Waals surface area contributed by atoms with Crippen LogP contribution in [-0.4, -0.2) is 68.9 Å². The highest BCUT2D eigenvalue weighted by atomic mass is 32.1. The van der Waals surface area contributed by atoms with E-state index in [1.165, 1.54) is 36.4 Å². The highest BCUT2D eigenvalue weighted by Crippen LogP contribution is 2.14. The van der Waals surface area contributed by atoms with Gasteiger partial charge in [0, 0.05) is 18.6 Å². The molecule has 11 nitrogen and oxygen atoms in total. The van der Waals surface area contributed by atoms with Crippen LogP contribution in [0.2, 0.25) is 0 Å². The van der Waals surface area contributed by atoms with Crippen molar-refractivity contribution in [1.82, 2.24) is 16.0 Å². The number of nitrogens with one attached hydrogen (secondary N) is 3. The van der Waals surface area contributed by atoms with Crippen LogP contribution in [0.4, 0.5) is 0 Å². The molecule has 0 saturated carbocycles. The minimum atomic E-state index is -1.32. The van der Waals surface area contributed by atoms with Crippen molar-refractivity contribution in [2.24, 2.45) is 11.7 Å². The second-order valence-electron chi connectivity index (χ2n) is 9.22. The van der Waals surface area contributed by atoms with Crippen molar-refractivity contribution in [3.05, 3.63) is 59.7 Å². The number of carboxylic acid groups (broad SMARTS) is 1. The molecule has 0 aliphatic heterocycles. The summed E-state index contributed by atoms with van der Waals surface area (Å²) in [6.07, 6.45) is -0.0915. The number of aromatic hydroxyl groups is 2. The molecule has 4 unspecified atom stereocenters. The highest BCUT2D eigenvalue weighted by molar-refractivity contribution is 7.80. The third kappa shape index (κ3) is 9.27. The van der Waals surface area contributed by atoms with E-state index in [9.17, 15) is 34.5 Å². The zero-order valence-electron chi connectivity index (χ0n) is 21.1. The molecule has 0 aliphatic rings. The third-order valence-corrected chi connectivity index (χ3v) is 6.20. The minimum Gasteiger partial charge on any atom is -0.508 e. The number of hydrogen-bond donors (Lipinski definition) is 8. The van der Waals surface area contributed by atoms with E-state index in [2.05, 4.69) is 28.6 Å². The van der Waals surface area contributed by atoms with E-state index in [-0.39, 0.29) is 36.0 Å². The van der Waals surface area contributed by atoms with E-state index in [0.717, 1.165) is 0 Å². The Morgan fingerprint density at radius 3 is 1.55 bits per heavy atom. The van der Waals surface area contributed by atoms with Crippen LogP contribution in [-0.2, 0) is 32.0 Å². The fourth-order valence-corrected chi connectivity index (χ4v) is 3.71. The number of rotatable bonds is 13. The van der Waals surface area contributed by atoms with Crippen LogP contribution in [0, 0.1) is 5.92 Å². The number of thiol groups is 1. The summed E-state index contributed by atoms with van der Waals surface area (Å²) >= 11 is 4.14. The van der Waals surface area contributed by atoms with Gasteiger partial charge in [-0.15, -0.1) is 0 Å². The Balaban J connectivity index is 2.22. The first-order chi connectivity index (χ1) is 17.9. The van der Waals surface area contributed by atoms with E-state index in [0.29, 0.717) is 11.1 Å². The summed E-state index contributed by atoms with van der Waals surface area (Å²) in [4.78, 5) is 50.5. The molecule has 38 heavy (non-hydrogen) atoms. The lowest BCUT2D eigenvalue weighted by Crippen LogP contribution is -2.58. The first-order valence-corrected chi connectivity index (χ1v) is 12.6. The summed E-state index contributed by atoms with van der Waals surface area (Å²) in [6.45, 7) is 3.52. The quantitative estimate of drug-likeness (QED) is 0.165. The number of amides is 3. The molecule has 2 aromatic carbocycles. The van der Waals surface area contributed by atoms with Gasteiger partial charge in [-0.1, -0.05) is 38.1 Å². The summed E-state index contributed by atoms with van der Waals surface area (Å²) in [5.41, 5.74) is 7.01. The topological polar surface area (TPSA) is 191 Å². The standard InChI is InChI=1S/C26H34N4O7S/c1-14(2)22(27)25(35)30-21(13-38)24(34)28-19(11-15-3-7-17(31)8-4-15)23(33)29-20(26(36)37)12-16-5-9-18(32)10-6-16/h3-10,14,19-22,31-32,38H,11-13,27H2,1-2H3,(H,28,34)(H,29,33)(H,30,35)(H,36,37). The second-order valence-corrected chi connectivity index (χ2v) is 9.58. The van der Waals surface area contributed by atoms with Gasteiger partial charge in [0.15, 0.2) is 0 Å². The molecule has 2 rings (SSSR count). The van der Waals surface area contributed by atoms with Gasteiger partial charge in [-0.05, 0) is 41.3 Å². The average Bonchev–Trinajstić information content (AvgIpc) is 2.87. The van der Waals surface area contributed by atoms with Crippen molar-refractivity contribution in [2.75, 3.05) is 5.75 Å². The zero-order chi connectivity index (χ0) is 28.4. The van der Waals surface area contributed by atoms with Crippen LogP contribution in [0.15, 0.2) is 48.5 Å². The molecule has 0 fully saturated rings. The van der Waals surface area contributed by atoms with Crippen molar-refractivity contribution >= 4 is 36.3 Å². The fraction of sp³-hybridized carbons (Fsp3) is 0.385. The van der Waals surface area contributed by atoms with Crippen molar-refractivity contribution in [3.8, 4) is 11.5 Å². The monoisotopic (exact) mass is 546 g/mol. The maximum Gasteiger partial charge on any atom is 0.326 e. The minimum absolute atomic E-state index is 0.0120. The highest BCUT2D eigenvalue weighted by Gasteiger charge is 2.30. The lowest BCUT2D eigenvalue weighted by molar-refractivity contribution is -0.142. The maximum atomic E-state index is 13.2. The number of carbonyl (C=O) groups is 4. The summed E-state index contributed by atoms with van der Waals surface area (Å²) in [5.74, 6) is -3.52. The number of carbonyl (C=O) groups excluding carboxylic acids is 3. The fourth-order valence-electron chi connectivity index (χ4n) is 3.45. The molecule has 2 aromatic rings. The Bertz CT molecular complexity index is 1110. The van der Waals surface area contributed by atoms with Gasteiger partial charge < -0.3 is 37.0 Å². The number of nitrogens with two attached hydrogens (primary N) is 1. The van der Waals surface area contributed by atoms with E-state index >= 15 is 0 Å². The van der Waals surface area contributed by atoms with Gasteiger partial charge in [0.2, 0.25) is 17.7 Å². The molecule has 0 aliphatic carbocycles. The SMILES string of the molecule is CC(C)C(N)C(=O)NC(CS)C(=O)NC(Cc1ccc(O)cc1)C(=O)NC(Cc1ccc(O)cc1)C(=O)O. The van der Waals surface area contributed by atoms with Gasteiger partial charge in [-0.25, -0.2) is 4.79 Å². The molecule has 0 aromatic heterocycles. The summed E-state index contributed by atoms with van der Waals surface area (Å²) in [5, 5.41) is 36.3. The maximum absolute atomic E-state index is 13.2. The molecule has 12 heteroatoms. The molecular weight excluding hydrogens is 512 g/mol. The van der Waals surface area contributed by atoms with Gasteiger partial charge in [0.05, 0.1) is 6.04 Å². The van der Waals surface area contributed by atoms with Gasteiger partial charge in [-0.3, -0.25) is 14.4 Å². The Morgan fingerprint density at radius 2 is 1.13 bits per heavy atom. The molecule has 8 N–H and O–H groups in total. The number of hydrogen-bond acceptors (Lipinski definition) is 8. The van der Waals surface area contributed by atoms with E-state index in [1.54, 1.807) is 26.0 Å².